The standard InChI is InChI=1S/C17H13BrO4/c1-20-15-9-17-16(21-10-22-17)8-13(15)14(19)7-4-11-2-5-12(18)6-3-11/h2-9H,10H2,1H3. The highest BCUT2D eigenvalue weighted by atomic mass is 79.9. The summed E-state index contributed by atoms with van der Waals surface area (Å²) in [6.45, 7) is 0.158. The van der Waals surface area contributed by atoms with E-state index in [1.54, 1.807) is 18.2 Å². The van der Waals surface area contributed by atoms with Gasteiger partial charge in [-0.25, -0.2) is 0 Å². The smallest absolute Gasteiger partial charge is 0.231 e. The first-order chi connectivity index (χ1) is 10.7. The van der Waals surface area contributed by atoms with Crippen LogP contribution in [0.15, 0.2) is 46.9 Å². The number of hydrogen-bond donors (Lipinski definition) is 0. The minimum atomic E-state index is -0.155. The van der Waals surface area contributed by atoms with Gasteiger partial charge in [0.2, 0.25) is 6.79 Å². The van der Waals surface area contributed by atoms with E-state index in [9.17, 15) is 4.79 Å². The van der Waals surface area contributed by atoms with Crippen molar-refractivity contribution in [1.29, 1.82) is 0 Å². The highest BCUT2D eigenvalue weighted by Crippen LogP contribution is 2.38. The highest BCUT2D eigenvalue weighted by Gasteiger charge is 2.20. The molecule has 1 heterocycles. The Kier molecular flexibility index (Phi) is 4.15. The van der Waals surface area contributed by atoms with Gasteiger partial charge >= 0.3 is 0 Å². The molecule has 0 aromatic heterocycles. The molecule has 0 radical (unpaired) electrons. The average molecular weight is 361 g/mol. The van der Waals surface area contributed by atoms with Crippen LogP contribution < -0.4 is 14.2 Å². The van der Waals surface area contributed by atoms with Gasteiger partial charge in [-0.3, -0.25) is 4.79 Å². The molecule has 0 bridgehead atoms. The lowest BCUT2D eigenvalue weighted by atomic mass is 10.1. The third kappa shape index (κ3) is 2.99. The summed E-state index contributed by atoms with van der Waals surface area (Å²) in [5.74, 6) is 1.46. The third-order valence-electron chi connectivity index (χ3n) is 3.26. The maximum atomic E-state index is 12.4. The van der Waals surface area contributed by atoms with Gasteiger partial charge in [0.1, 0.15) is 5.75 Å². The number of benzene rings is 2. The summed E-state index contributed by atoms with van der Waals surface area (Å²) in [5.41, 5.74) is 1.39. The van der Waals surface area contributed by atoms with Gasteiger partial charge in [-0.2, -0.15) is 0 Å². The second kappa shape index (κ2) is 6.23. The van der Waals surface area contributed by atoms with E-state index in [1.165, 1.54) is 13.2 Å². The largest absolute Gasteiger partial charge is 0.496 e. The van der Waals surface area contributed by atoms with Gasteiger partial charge in [0, 0.05) is 10.5 Å². The van der Waals surface area contributed by atoms with Crippen molar-refractivity contribution in [2.24, 2.45) is 0 Å². The van der Waals surface area contributed by atoms with Crippen molar-refractivity contribution in [2.45, 2.75) is 0 Å². The molecule has 0 aliphatic carbocycles. The molecule has 0 N–H and O–H groups in total. The molecule has 2 aromatic carbocycles. The van der Waals surface area contributed by atoms with E-state index in [-0.39, 0.29) is 12.6 Å². The second-order valence-corrected chi connectivity index (χ2v) is 5.57. The fourth-order valence-corrected chi connectivity index (χ4v) is 2.38. The number of carbonyl (C=O) groups is 1. The Labute approximate surface area is 136 Å². The molecular formula is C17H13BrO4. The summed E-state index contributed by atoms with van der Waals surface area (Å²) in [4.78, 5) is 12.4. The number of hydrogen-bond acceptors (Lipinski definition) is 4. The van der Waals surface area contributed by atoms with Gasteiger partial charge < -0.3 is 14.2 Å². The van der Waals surface area contributed by atoms with Crippen LogP contribution in [0.2, 0.25) is 0 Å². The molecule has 0 saturated carbocycles. The fourth-order valence-electron chi connectivity index (χ4n) is 2.12. The number of allylic oxidation sites excluding steroid dienone is 1. The van der Waals surface area contributed by atoms with Gasteiger partial charge in [0.25, 0.3) is 0 Å². The second-order valence-electron chi connectivity index (χ2n) is 4.65. The van der Waals surface area contributed by atoms with Crippen LogP contribution in [0, 0.1) is 0 Å². The lowest BCUT2D eigenvalue weighted by Crippen LogP contribution is -1.99. The van der Waals surface area contributed by atoms with Crippen molar-refractivity contribution in [1.82, 2.24) is 0 Å². The molecule has 0 unspecified atom stereocenters. The molecule has 0 spiro atoms. The molecule has 22 heavy (non-hydrogen) atoms. The van der Waals surface area contributed by atoms with Crippen molar-refractivity contribution < 1.29 is 19.0 Å². The van der Waals surface area contributed by atoms with Crippen LogP contribution in [-0.2, 0) is 0 Å². The van der Waals surface area contributed by atoms with E-state index in [4.69, 9.17) is 14.2 Å². The van der Waals surface area contributed by atoms with Gasteiger partial charge in [-0.1, -0.05) is 34.1 Å². The number of methoxy groups -OCH3 is 1. The molecule has 4 nitrogen and oxygen atoms in total. The van der Waals surface area contributed by atoms with Crippen LogP contribution in [0.5, 0.6) is 17.2 Å². The lowest BCUT2D eigenvalue weighted by molar-refractivity contribution is 0.104. The fraction of sp³-hybridized carbons (Fsp3) is 0.118. The van der Waals surface area contributed by atoms with Crippen molar-refractivity contribution in [3.05, 3.63) is 58.1 Å². The van der Waals surface area contributed by atoms with Gasteiger partial charge in [-0.05, 0) is 29.8 Å². The quantitative estimate of drug-likeness (QED) is 0.608. The first-order valence-electron chi connectivity index (χ1n) is 6.63. The molecule has 0 saturated heterocycles. The maximum absolute atomic E-state index is 12.4. The maximum Gasteiger partial charge on any atom is 0.231 e. The molecule has 0 atom stereocenters. The summed E-state index contributed by atoms with van der Waals surface area (Å²) in [7, 11) is 1.52. The zero-order valence-electron chi connectivity index (χ0n) is 11.8. The SMILES string of the molecule is COc1cc2c(cc1C(=O)C=Cc1ccc(Br)cc1)OCO2. The number of rotatable bonds is 4. The van der Waals surface area contributed by atoms with Crippen LogP contribution in [0.25, 0.3) is 6.08 Å². The molecule has 1 aliphatic heterocycles. The molecule has 112 valence electrons. The van der Waals surface area contributed by atoms with Gasteiger partial charge in [0.15, 0.2) is 17.3 Å². The monoisotopic (exact) mass is 360 g/mol. The number of fused-ring (bicyclic) bond motifs is 1. The minimum absolute atomic E-state index is 0.155. The Balaban J connectivity index is 1.87. The normalized spacial score (nSPS) is 12.6. The van der Waals surface area contributed by atoms with E-state index >= 15 is 0 Å². The summed E-state index contributed by atoms with van der Waals surface area (Å²) in [6.07, 6.45) is 3.28. The predicted octanol–water partition coefficient (Wildman–Crippen LogP) is 4.08. The van der Waals surface area contributed by atoms with Crippen LogP contribution in [0.4, 0.5) is 0 Å². The summed E-state index contributed by atoms with van der Waals surface area (Å²) >= 11 is 3.38. The molecule has 5 heteroatoms. The number of carbonyl (C=O) groups excluding carboxylic acids is 1. The molecule has 0 amide bonds. The van der Waals surface area contributed by atoms with Crippen LogP contribution in [-0.4, -0.2) is 19.7 Å². The summed E-state index contributed by atoms with van der Waals surface area (Å²) < 4.78 is 16.8. The zero-order valence-corrected chi connectivity index (χ0v) is 13.4. The van der Waals surface area contributed by atoms with Crippen LogP contribution in [0.1, 0.15) is 15.9 Å². The number of halogens is 1. The Morgan fingerprint density at radius 2 is 1.86 bits per heavy atom. The summed E-state index contributed by atoms with van der Waals surface area (Å²) in [6, 6.07) is 11.0. The van der Waals surface area contributed by atoms with Crippen molar-refractivity contribution in [3.8, 4) is 17.2 Å². The summed E-state index contributed by atoms with van der Waals surface area (Å²) in [5, 5.41) is 0. The number of ketones is 1. The lowest BCUT2D eigenvalue weighted by Gasteiger charge is -2.07. The zero-order chi connectivity index (χ0) is 15.5. The molecule has 2 aromatic rings. The van der Waals surface area contributed by atoms with Crippen LogP contribution >= 0.6 is 15.9 Å². The first kappa shape index (κ1) is 14.7. The average Bonchev–Trinajstić information content (AvgIpc) is 3.00. The van der Waals surface area contributed by atoms with Crippen molar-refractivity contribution >= 4 is 27.8 Å². The molecular weight excluding hydrogens is 348 g/mol. The van der Waals surface area contributed by atoms with Crippen LogP contribution in [0.3, 0.4) is 0 Å². The van der Waals surface area contributed by atoms with Gasteiger partial charge in [0.05, 0.1) is 12.7 Å². The van der Waals surface area contributed by atoms with Crippen molar-refractivity contribution in [2.75, 3.05) is 13.9 Å². The first-order valence-corrected chi connectivity index (χ1v) is 7.42. The topological polar surface area (TPSA) is 44.8 Å². The molecule has 0 fully saturated rings. The Morgan fingerprint density at radius 3 is 2.55 bits per heavy atom. The Morgan fingerprint density at radius 1 is 1.18 bits per heavy atom. The van der Waals surface area contributed by atoms with Crippen molar-refractivity contribution in [3.63, 3.8) is 0 Å². The Bertz CT molecular complexity index is 735. The van der Waals surface area contributed by atoms with E-state index in [0.29, 0.717) is 22.8 Å². The van der Waals surface area contributed by atoms with E-state index in [1.807, 2.05) is 24.3 Å². The highest BCUT2D eigenvalue weighted by molar-refractivity contribution is 9.10. The third-order valence-corrected chi connectivity index (χ3v) is 3.79. The predicted molar refractivity (Wildman–Crippen MR) is 86.6 cm³/mol. The number of ether oxygens (including phenoxy) is 3. The Hall–Kier alpha value is -2.27. The van der Waals surface area contributed by atoms with E-state index in [0.717, 1.165) is 10.0 Å². The molecule has 3 rings (SSSR count). The molecule has 1 aliphatic rings. The van der Waals surface area contributed by atoms with Gasteiger partial charge in [-0.15, -0.1) is 0 Å². The van der Waals surface area contributed by atoms with E-state index < -0.39 is 0 Å². The van der Waals surface area contributed by atoms with E-state index in [2.05, 4.69) is 15.9 Å². The minimum Gasteiger partial charge on any atom is -0.496 e.